The minimum atomic E-state index is -0.415. The van der Waals surface area contributed by atoms with Gasteiger partial charge < -0.3 is 10.5 Å². The SMILES string of the molecule is Cc1cc(OCc2ccc(F)c(C(N)=S)c2)cc(C)c1Br. The van der Waals surface area contributed by atoms with Gasteiger partial charge in [0.2, 0.25) is 0 Å². The van der Waals surface area contributed by atoms with E-state index >= 15 is 0 Å². The van der Waals surface area contributed by atoms with Gasteiger partial charge in [-0.3, -0.25) is 0 Å². The number of rotatable bonds is 4. The predicted molar refractivity (Wildman–Crippen MR) is 90.2 cm³/mol. The number of thiocarbonyl (C=S) groups is 1. The molecule has 0 radical (unpaired) electrons. The molecule has 0 aromatic heterocycles. The van der Waals surface area contributed by atoms with E-state index < -0.39 is 5.82 Å². The van der Waals surface area contributed by atoms with E-state index in [0.29, 0.717) is 6.61 Å². The second-order valence-corrected chi connectivity index (χ2v) is 6.07. The Kier molecular flexibility index (Phi) is 4.96. The quantitative estimate of drug-likeness (QED) is 0.812. The molecule has 0 aliphatic carbocycles. The van der Waals surface area contributed by atoms with Crippen molar-refractivity contribution in [1.82, 2.24) is 0 Å². The molecule has 5 heteroatoms. The van der Waals surface area contributed by atoms with Crippen molar-refractivity contribution < 1.29 is 9.13 Å². The topological polar surface area (TPSA) is 35.2 Å². The van der Waals surface area contributed by atoms with Crippen molar-refractivity contribution in [3.8, 4) is 5.75 Å². The number of halogens is 2. The Morgan fingerprint density at radius 2 is 1.86 bits per heavy atom. The molecule has 2 rings (SSSR count). The molecule has 2 N–H and O–H groups in total. The highest BCUT2D eigenvalue weighted by Crippen LogP contribution is 2.27. The maximum atomic E-state index is 13.5. The Hall–Kier alpha value is -1.46. The Labute approximate surface area is 137 Å². The summed E-state index contributed by atoms with van der Waals surface area (Å²) in [6.45, 7) is 4.34. The van der Waals surface area contributed by atoms with E-state index in [1.54, 1.807) is 12.1 Å². The first-order chi connectivity index (χ1) is 9.88. The van der Waals surface area contributed by atoms with E-state index in [9.17, 15) is 4.39 Å². The van der Waals surface area contributed by atoms with Crippen LogP contribution in [0.2, 0.25) is 0 Å². The largest absolute Gasteiger partial charge is 0.489 e. The van der Waals surface area contributed by atoms with Crippen LogP contribution >= 0.6 is 28.1 Å². The third-order valence-corrected chi connectivity index (χ3v) is 4.58. The number of benzene rings is 2. The number of nitrogens with two attached hydrogens (primary N) is 1. The maximum Gasteiger partial charge on any atom is 0.133 e. The van der Waals surface area contributed by atoms with Gasteiger partial charge in [0, 0.05) is 10.0 Å². The number of hydrogen-bond acceptors (Lipinski definition) is 2. The Morgan fingerprint density at radius 3 is 2.43 bits per heavy atom. The van der Waals surface area contributed by atoms with Gasteiger partial charge in [-0.05, 0) is 54.8 Å². The minimum Gasteiger partial charge on any atom is -0.489 e. The van der Waals surface area contributed by atoms with E-state index in [-0.39, 0.29) is 10.6 Å². The Balaban J connectivity index is 2.17. The highest BCUT2D eigenvalue weighted by atomic mass is 79.9. The van der Waals surface area contributed by atoms with Gasteiger partial charge in [0.1, 0.15) is 23.2 Å². The Bertz CT molecular complexity index is 680. The summed E-state index contributed by atoms with van der Waals surface area (Å²) in [6, 6.07) is 8.54. The molecule has 0 spiro atoms. The van der Waals surface area contributed by atoms with Crippen molar-refractivity contribution in [3.63, 3.8) is 0 Å². The van der Waals surface area contributed by atoms with Gasteiger partial charge in [0.15, 0.2) is 0 Å². The highest BCUT2D eigenvalue weighted by molar-refractivity contribution is 9.10. The van der Waals surface area contributed by atoms with Gasteiger partial charge in [0.05, 0.1) is 0 Å². The number of aryl methyl sites for hydroxylation is 2. The molecule has 0 fully saturated rings. The van der Waals surface area contributed by atoms with Crippen molar-refractivity contribution in [2.75, 3.05) is 0 Å². The average molecular weight is 368 g/mol. The molecule has 2 aromatic carbocycles. The van der Waals surface area contributed by atoms with E-state index in [2.05, 4.69) is 15.9 Å². The van der Waals surface area contributed by atoms with Crippen molar-refractivity contribution in [2.24, 2.45) is 5.73 Å². The molecular formula is C16H15BrFNOS. The van der Waals surface area contributed by atoms with E-state index in [1.807, 2.05) is 26.0 Å². The van der Waals surface area contributed by atoms with Crippen LogP contribution in [0.4, 0.5) is 4.39 Å². The monoisotopic (exact) mass is 367 g/mol. The lowest BCUT2D eigenvalue weighted by Crippen LogP contribution is -2.12. The molecule has 0 amide bonds. The Morgan fingerprint density at radius 1 is 1.24 bits per heavy atom. The van der Waals surface area contributed by atoms with Crippen molar-refractivity contribution in [1.29, 1.82) is 0 Å². The smallest absolute Gasteiger partial charge is 0.133 e. The van der Waals surface area contributed by atoms with Crippen LogP contribution in [0.5, 0.6) is 5.75 Å². The summed E-state index contributed by atoms with van der Waals surface area (Å²) in [6.07, 6.45) is 0. The van der Waals surface area contributed by atoms with Crippen LogP contribution in [-0.4, -0.2) is 4.99 Å². The number of ether oxygens (including phenoxy) is 1. The molecule has 0 saturated heterocycles. The fourth-order valence-electron chi connectivity index (χ4n) is 2.01. The second kappa shape index (κ2) is 6.54. The van der Waals surface area contributed by atoms with E-state index in [1.165, 1.54) is 6.07 Å². The van der Waals surface area contributed by atoms with E-state index in [4.69, 9.17) is 22.7 Å². The van der Waals surface area contributed by atoms with E-state index in [0.717, 1.165) is 26.9 Å². The van der Waals surface area contributed by atoms with Gasteiger partial charge in [-0.15, -0.1) is 0 Å². The fraction of sp³-hybridized carbons (Fsp3) is 0.188. The lowest BCUT2D eigenvalue weighted by atomic mass is 10.1. The first-order valence-electron chi connectivity index (χ1n) is 6.36. The van der Waals surface area contributed by atoms with Crippen LogP contribution in [0.3, 0.4) is 0 Å². The zero-order chi connectivity index (χ0) is 15.6. The van der Waals surface area contributed by atoms with Gasteiger partial charge in [-0.25, -0.2) is 4.39 Å². The third kappa shape index (κ3) is 3.80. The van der Waals surface area contributed by atoms with Crippen LogP contribution in [0.1, 0.15) is 22.3 Å². The molecule has 0 aliphatic rings. The average Bonchev–Trinajstić information content (AvgIpc) is 2.43. The predicted octanol–water partition coefficient (Wildman–Crippen LogP) is 4.42. The zero-order valence-corrected chi connectivity index (χ0v) is 14.1. The zero-order valence-electron chi connectivity index (χ0n) is 11.7. The summed E-state index contributed by atoms with van der Waals surface area (Å²) >= 11 is 8.34. The van der Waals surface area contributed by atoms with Crippen LogP contribution in [0.25, 0.3) is 0 Å². The molecule has 0 saturated carbocycles. The summed E-state index contributed by atoms with van der Waals surface area (Å²) < 4.78 is 20.4. The van der Waals surface area contributed by atoms with Crippen molar-refractivity contribution in [2.45, 2.75) is 20.5 Å². The molecule has 2 aromatic rings. The summed E-state index contributed by atoms with van der Waals surface area (Å²) in [4.78, 5) is 0.0460. The molecule has 0 heterocycles. The molecule has 2 nitrogen and oxygen atoms in total. The molecule has 0 atom stereocenters. The highest BCUT2D eigenvalue weighted by Gasteiger charge is 2.08. The lowest BCUT2D eigenvalue weighted by Gasteiger charge is -2.11. The summed E-state index contributed by atoms with van der Waals surface area (Å²) in [7, 11) is 0. The van der Waals surface area contributed by atoms with Gasteiger partial charge in [0.25, 0.3) is 0 Å². The van der Waals surface area contributed by atoms with Crippen LogP contribution in [-0.2, 0) is 6.61 Å². The molecule has 0 unspecified atom stereocenters. The third-order valence-electron chi connectivity index (χ3n) is 3.11. The second-order valence-electron chi connectivity index (χ2n) is 4.84. The molecule has 110 valence electrons. The molecule has 0 aliphatic heterocycles. The first kappa shape index (κ1) is 15.9. The summed E-state index contributed by atoms with van der Waals surface area (Å²) in [5.74, 6) is 0.357. The minimum absolute atomic E-state index is 0.0460. The molecule has 21 heavy (non-hydrogen) atoms. The van der Waals surface area contributed by atoms with Gasteiger partial charge in [-0.2, -0.15) is 0 Å². The molecule has 0 bridgehead atoms. The summed E-state index contributed by atoms with van der Waals surface area (Å²) in [5.41, 5.74) is 8.76. The van der Waals surface area contributed by atoms with Crippen molar-refractivity contribution in [3.05, 3.63) is 62.9 Å². The van der Waals surface area contributed by atoms with Gasteiger partial charge in [-0.1, -0.05) is 34.2 Å². The first-order valence-corrected chi connectivity index (χ1v) is 7.56. The normalized spacial score (nSPS) is 10.5. The van der Waals surface area contributed by atoms with Crippen LogP contribution in [0, 0.1) is 19.7 Å². The molecular weight excluding hydrogens is 353 g/mol. The van der Waals surface area contributed by atoms with Crippen LogP contribution < -0.4 is 10.5 Å². The number of hydrogen-bond donors (Lipinski definition) is 1. The standard InChI is InChI=1S/C16H15BrFNOS/c1-9-5-12(6-10(2)15(9)17)20-8-11-3-4-14(18)13(7-11)16(19)21/h3-7H,8H2,1-2H3,(H2,19,21). The van der Waals surface area contributed by atoms with Crippen LogP contribution in [0.15, 0.2) is 34.8 Å². The van der Waals surface area contributed by atoms with Crippen molar-refractivity contribution >= 4 is 33.1 Å². The fourth-order valence-corrected chi connectivity index (χ4v) is 2.39. The summed E-state index contributed by atoms with van der Waals surface area (Å²) in [5, 5.41) is 0. The van der Waals surface area contributed by atoms with Gasteiger partial charge >= 0.3 is 0 Å². The lowest BCUT2D eigenvalue weighted by molar-refractivity contribution is 0.305. The maximum absolute atomic E-state index is 13.5.